The topological polar surface area (TPSA) is 71.1 Å². The summed E-state index contributed by atoms with van der Waals surface area (Å²) in [7, 11) is -3.80. The number of anilines is 1. The highest BCUT2D eigenvalue weighted by molar-refractivity contribution is 7.93. The maximum atomic E-state index is 12.4. The second kappa shape index (κ2) is 6.93. The van der Waals surface area contributed by atoms with Crippen molar-refractivity contribution in [3.8, 4) is 0 Å². The van der Waals surface area contributed by atoms with E-state index in [0.29, 0.717) is 17.1 Å². The lowest BCUT2D eigenvalue weighted by Crippen LogP contribution is -2.16. The van der Waals surface area contributed by atoms with Gasteiger partial charge in [-0.05, 0) is 18.7 Å². The quantitative estimate of drug-likeness (QED) is 0.823. The van der Waals surface area contributed by atoms with Gasteiger partial charge in [0.05, 0.1) is 5.02 Å². The molecule has 1 heterocycles. The number of thiazole rings is 1. The zero-order chi connectivity index (χ0) is 15.5. The number of nitrogens with zero attached hydrogens (tertiary/aromatic N) is 1. The van der Waals surface area contributed by atoms with Crippen LogP contribution in [-0.2, 0) is 16.6 Å². The number of nitrogens with one attached hydrogen (secondary N) is 2. The van der Waals surface area contributed by atoms with Crippen LogP contribution in [0.25, 0.3) is 0 Å². The van der Waals surface area contributed by atoms with Crippen molar-refractivity contribution >= 4 is 49.7 Å². The summed E-state index contributed by atoms with van der Waals surface area (Å²) in [5.74, 6) is 0. The molecular formula is C12H13Cl2N3O2S2. The third-order valence-electron chi connectivity index (χ3n) is 2.65. The second-order valence-corrected chi connectivity index (χ2v) is 7.39. The molecule has 0 aliphatic carbocycles. The van der Waals surface area contributed by atoms with Crippen molar-refractivity contribution in [3.05, 3.63) is 39.3 Å². The van der Waals surface area contributed by atoms with E-state index in [9.17, 15) is 8.42 Å². The van der Waals surface area contributed by atoms with Crippen LogP contribution in [-0.4, -0.2) is 19.9 Å². The number of sulfonamides is 1. The van der Waals surface area contributed by atoms with Crippen molar-refractivity contribution in [1.29, 1.82) is 0 Å². The molecule has 5 nitrogen and oxygen atoms in total. The fourth-order valence-corrected chi connectivity index (χ4v) is 4.34. The summed E-state index contributed by atoms with van der Waals surface area (Å²) in [6, 6.07) is 2.91. The molecule has 1 aromatic heterocycles. The van der Waals surface area contributed by atoms with Gasteiger partial charge < -0.3 is 5.32 Å². The molecule has 0 unspecified atom stereocenters. The van der Waals surface area contributed by atoms with Crippen LogP contribution in [0.2, 0.25) is 10.0 Å². The van der Waals surface area contributed by atoms with Gasteiger partial charge in [-0.25, -0.2) is 13.4 Å². The van der Waals surface area contributed by atoms with E-state index in [1.165, 1.54) is 29.7 Å². The highest BCUT2D eigenvalue weighted by atomic mass is 35.5. The maximum absolute atomic E-state index is 12.4. The van der Waals surface area contributed by atoms with E-state index >= 15 is 0 Å². The van der Waals surface area contributed by atoms with Gasteiger partial charge in [0, 0.05) is 28.7 Å². The Morgan fingerprint density at radius 3 is 2.71 bits per heavy atom. The van der Waals surface area contributed by atoms with Crippen molar-refractivity contribution in [1.82, 2.24) is 10.3 Å². The first kappa shape index (κ1) is 16.5. The Hall–Kier alpha value is -0.860. The fraction of sp³-hybridized carbons (Fsp3) is 0.250. The molecule has 114 valence electrons. The van der Waals surface area contributed by atoms with Gasteiger partial charge in [-0.3, -0.25) is 4.72 Å². The third-order valence-corrected chi connectivity index (χ3v) is 5.74. The molecule has 0 saturated carbocycles. The monoisotopic (exact) mass is 365 g/mol. The third kappa shape index (κ3) is 3.87. The normalized spacial score (nSPS) is 11.6. The highest BCUT2D eigenvalue weighted by Gasteiger charge is 2.22. The molecule has 0 saturated heterocycles. The van der Waals surface area contributed by atoms with Gasteiger partial charge in [0.1, 0.15) is 4.90 Å². The van der Waals surface area contributed by atoms with Crippen LogP contribution < -0.4 is 10.0 Å². The van der Waals surface area contributed by atoms with E-state index in [2.05, 4.69) is 15.0 Å². The lowest BCUT2D eigenvalue weighted by molar-refractivity contribution is 0.601. The molecule has 0 aliphatic rings. The number of halogens is 2. The summed E-state index contributed by atoms with van der Waals surface area (Å²) in [6.07, 6.45) is 1.52. The SMILES string of the molecule is CCNCc1c(Cl)ccc(S(=O)(=O)Nc2nccs2)c1Cl. The summed E-state index contributed by atoms with van der Waals surface area (Å²) in [4.78, 5) is 3.88. The Balaban J connectivity index is 2.39. The zero-order valence-corrected chi connectivity index (χ0v) is 14.2. The number of hydrogen-bond acceptors (Lipinski definition) is 5. The molecule has 0 bridgehead atoms. The predicted octanol–water partition coefficient (Wildman–Crippen LogP) is 3.36. The average molecular weight is 366 g/mol. The Labute approximate surface area is 137 Å². The van der Waals surface area contributed by atoms with Gasteiger partial charge in [0.15, 0.2) is 5.13 Å². The molecule has 2 rings (SSSR count). The molecule has 0 amide bonds. The molecule has 0 aliphatic heterocycles. The lowest BCUT2D eigenvalue weighted by Gasteiger charge is -2.12. The van der Waals surface area contributed by atoms with E-state index in [1.54, 1.807) is 5.38 Å². The molecule has 1 aromatic carbocycles. The molecule has 0 atom stereocenters. The Kier molecular flexibility index (Phi) is 5.45. The van der Waals surface area contributed by atoms with E-state index in [1.807, 2.05) is 6.92 Å². The number of rotatable bonds is 6. The Morgan fingerprint density at radius 2 is 2.10 bits per heavy atom. The molecule has 2 N–H and O–H groups in total. The second-order valence-electron chi connectivity index (χ2n) is 4.06. The first-order chi connectivity index (χ1) is 9.95. The number of hydrogen-bond donors (Lipinski definition) is 2. The van der Waals surface area contributed by atoms with Gasteiger partial charge in [-0.15, -0.1) is 11.3 Å². The fourth-order valence-electron chi connectivity index (χ4n) is 1.64. The molecule has 2 aromatic rings. The molecule has 21 heavy (non-hydrogen) atoms. The molecule has 0 fully saturated rings. The van der Waals surface area contributed by atoms with Crippen LogP contribution in [0.1, 0.15) is 12.5 Å². The number of benzene rings is 1. The van der Waals surface area contributed by atoms with E-state index in [4.69, 9.17) is 23.2 Å². The lowest BCUT2D eigenvalue weighted by atomic mass is 10.2. The van der Waals surface area contributed by atoms with Crippen LogP contribution in [0.15, 0.2) is 28.6 Å². The molecule has 9 heteroatoms. The Bertz CT molecular complexity index is 718. The van der Waals surface area contributed by atoms with Crippen molar-refractivity contribution < 1.29 is 8.42 Å². The van der Waals surface area contributed by atoms with Gasteiger partial charge in [-0.2, -0.15) is 0 Å². The summed E-state index contributed by atoms with van der Waals surface area (Å²) >= 11 is 13.5. The van der Waals surface area contributed by atoms with Crippen LogP contribution in [0.3, 0.4) is 0 Å². The minimum Gasteiger partial charge on any atom is -0.313 e. The number of aromatic nitrogens is 1. The van der Waals surface area contributed by atoms with Gasteiger partial charge >= 0.3 is 0 Å². The standard InChI is InChI=1S/C12H13Cl2N3O2S2/c1-2-15-7-8-9(13)3-4-10(11(8)14)21(18,19)17-12-16-5-6-20-12/h3-6,15H,2,7H2,1H3,(H,16,17). The van der Waals surface area contributed by atoms with E-state index in [-0.39, 0.29) is 15.0 Å². The smallest absolute Gasteiger partial charge is 0.265 e. The van der Waals surface area contributed by atoms with Crippen LogP contribution in [0.5, 0.6) is 0 Å². The van der Waals surface area contributed by atoms with E-state index in [0.717, 1.165) is 6.54 Å². The molecule has 0 radical (unpaired) electrons. The highest BCUT2D eigenvalue weighted by Crippen LogP contribution is 2.32. The Morgan fingerprint density at radius 1 is 1.33 bits per heavy atom. The minimum atomic E-state index is -3.80. The van der Waals surface area contributed by atoms with Crippen LogP contribution >= 0.6 is 34.5 Å². The summed E-state index contributed by atoms with van der Waals surface area (Å²) in [5.41, 5.74) is 0.558. The van der Waals surface area contributed by atoms with Crippen LogP contribution in [0.4, 0.5) is 5.13 Å². The van der Waals surface area contributed by atoms with Gasteiger partial charge in [0.2, 0.25) is 0 Å². The first-order valence-corrected chi connectivity index (χ1v) is 9.17. The molecular weight excluding hydrogens is 353 g/mol. The first-order valence-electron chi connectivity index (χ1n) is 6.05. The summed E-state index contributed by atoms with van der Waals surface area (Å²) in [6.45, 7) is 3.06. The average Bonchev–Trinajstić information content (AvgIpc) is 2.90. The van der Waals surface area contributed by atoms with Gasteiger partial charge in [0.25, 0.3) is 10.0 Å². The predicted molar refractivity (Wildman–Crippen MR) is 86.8 cm³/mol. The largest absolute Gasteiger partial charge is 0.313 e. The summed E-state index contributed by atoms with van der Waals surface area (Å²) in [5, 5.41) is 5.58. The van der Waals surface area contributed by atoms with E-state index < -0.39 is 10.0 Å². The zero-order valence-electron chi connectivity index (χ0n) is 11.1. The summed E-state index contributed by atoms with van der Waals surface area (Å²) < 4.78 is 27.1. The van der Waals surface area contributed by atoms with Crippen molar-refractivity contribution in [2.45, 2.75) is 18.4 Å². The van der Waals surface area contributed by atoms with Crippen LogP contribution in [0, 0.1) is 0 Å². The minimum absolute atomic E-state index is 0.0170. The van der Waals surface area contributed by atoms with Crippen molar-refractivity contribution in [2.24, 2.45) is 0 Å². The van der Waals surface area contributed by atoms with Gasteiger partial charge in [-0.1, -0.05) is 30.1 Å². The maximum Gasteiger partial charge on any atom is 0.265 e. The van der Waals surface area contributed by atoms with Crippen molar-refractivity contribution in [3.63, 3.8) is 0 Å². The van der Waals surface area contributed by atoms with Crippen molar-refractivity contribution in [2.75, 3.05) is 11.3 Å². The molecule has 0 spiro atoms.